The van der Waals surface area contributed by atoms with Crippen molar-refractivity contribution in [2.45, 2.75) is 17.9 Å². The number of carbonyl (C=O) groups is 1. The Kier molecular flexibility index (Phi) is 6.09. The molecule has 0 aliphatic carbocycles. The van der Waals surface area contributed by atoms with Crippen LogP contribution >= 0.6 is 0 Å². The molecule has 2 amide bonds. The second-order valence-electron chi connectivity index (χ2n) is 7.42. The minimum absolute atomic E-state index is 0.0436. The van der Waals surface area contributed by atoms with Gasteiger partial charge in [-0.3, -0.25) is 9.62 Å². The van der Waals surface area contributed by atoms with Crippen molar-refractivity contribution in [2.75, 3.05) is 22.7 Å². The van der Waals surface area contributed by atoms with E-state index in [4.69, 9.17) is 0 Å². The number of carbonyl (C=O) groups excluding carboxylic acids is 1. The number of nitrogens with one attached hydrogen (secondary N) is 1. The SMILES string of the molecule is O=C1N(Cc2cc(F)cc(F)c2)CCCN1c1ccccc1NS(=O)(=O)c1ccccc1. The number of sulfonamides is 1. The van der Waals surface area contributed by atoms with Crippen molar-refractivity contribution in [3.8, 4) is 0 Å². The summed E-state index contributed by atoms with van der Waals surface area (Å²) in [5, 5.41) is 0. The van der Waals surface area contributed by atoms with Crippen LogP contribution < -0.4 is 9.62 Å². The summed E-state index contributed by atoms with van der Waals surface area (Å²) in [4.78, 5) is 16.2. The van der Waals surface area contributed by atoms with Crippen LogP contribution in [-0.4, -0.2) is 32.4 Å². The third kappa shape index (κ3) is 4.72. The van der Waals surface area contributed by atoms with Gasteiger partial charge in [0, 0.05) is 25.7 Å². The Morgan fingerprint density at radius 3 is 2.25 bits per heavy atom. The number of hydrogen-bond acceptors (Lipinski definition) is 3. The summed E-state index contributed by atoms with van der Waals surface area (Å²) < 4.78 is 55.2. The number of nitrogens with zero attached hydrogens (tertiary/aromatic N) is 2. The first-order valence-electron chi connectivity index (χ1n) is 10.0. The van der Waals surface area contributed by atoms with E-state index in [0.717, 1.165) is 6.07 Å². The zero-order valence-electron chi connectivity index (χ0n) is 17.0. The average molecular weight is 458 g/mol. The standard InChI is InChI=1S/C23H21F2N3O3S/c24-18-13-17(14-19(25)15-18)16-27-11-6-12-28(23(27)29)22-10-5-4-9-21(22)26-32(30,31)20-7-2-1-3-8-20/h1-5,7-10,13-15,26H,6,11-12,16H2. The second-order valence-corrected chi connectivity index (χ2v) is 9.11. The maximum atomic E-state index is 13.6. The first kappa shape index (κ1) is 21.8. The van der Waals surface area contributed by atoms with Gasteiger partial charge in [0.05, 0.1) is 16.3 Å². The minimum Gasteiger partial charge on any atom is -0.320 e. The van der Waals surface area contributed by atoms with E-state index in [9.17, 15) is 22.0 Å². The van der Waals surface area contributed by atoms with Gasteiger partial charge < -0.3 is 4.90 Å². The van der Waals surface area contributed by atoms with Gasteiger partial charge in [0.1, 0.15) is 11.6 Å². The normalized spacial score (nSPS) is 14.5. The fourth-order valence-corrected chi connectivity index (χ4v) is 4.77. The third-order valence-electron chi connectivity index (χ3n) is 5.10. The van der Waals surface area contributed by atoms with Crippen molar-refractivity contribution in [2.24, 2.45) is 0 Å². The van der Waals surface area contributed by atoms with Crippen LogP contribution in [0.1, 0.15) is 12.0 Å². The van der Waals surface area contributed by atoms with Crippen LogP contribution in [0.5, 0.6) is 0 Å². The summed E-state index contributed by atoms with van der Waals surface area (Å²) >= 11 is 0. The Morgan fingerprint density at radius 1 is 0.875 bits per heavy atom. The molecule has 3 aromatic carbocycles. The summed E-state index contributed by atoms with van der Waals surface area (Å²) in [6, 6.07) is 17.4. The molecular formula is C23H21F2N3O3S. The topological polar surface area (TPSA) is 69.7 Å². The molecule has 0 aromatic heterocycles. The number of hydrogen-bond donors (Lipinski definition) is 1. The number of rotatable bonds is 6. The molecule has 6 nitrogen and oxygen atoms in total. The highest BCUT2D eigenvalue weighted by Gasteiger charge is 2.29. The summed E-state index contributed by atoms with van der Waals surface area (Å²) in [7, 11) is -3.85. The van der Waals surface area contributed by atoms with Crippen LogP contribution in [0.2, 0.25) is 0 Å². The Hall–Kier alpha value is -3.46. The molecule has 0 unspecified atom stereocenters. The van der Waals surface area contributed by atoms with Crippen molar-refractivity contribution < 1.29 is 22.0 Å². The van der Waals surface area contributed by atoms with E-state index in [2.05, 4.69) is 4.72 Å². The van der Waals surface area contributed by atoms with Crippen LogP contribution in [0.3, 0.4) is 0 Å². The number of anilines is 2. The lowest BCUT2D eigenvalue weighted by Crippen LogP contribution is -2.49. The molecular weight excluding hydrogens is 436 g/mol. The summed E-state index contributed by atoms with van der Waals surface area (Å²) in [5.74, 6) is -1.41. The van der Waals surface area contributed by atoms with E-state index in [1.165, 1.54) is 34.1 Å². The smallest absolute Gasteiger partial charge is 0.320 e. The predicted octanol–water partition coefficient (Wildman–Crippen LogP) is 4.60. The number of halogens is 2. The molecule has 1 aliphatic heterocycles. The van der Waals surface area contributed by atoms with E-state index in [1.54, 1.807) is 42.5 Å². The number of urea groups is 1. The zero-order chi connectivity index (χ0) is 22.7. The Morgan fingerprint density at radius 2 is 1.53 bits per heavy atom. The van der Waals surface area contributed by atoms with Gasteiger partial charge in [-0.05, 0) is 48.4 Å². The first-order valence-corrected chi connectivity index (χ1v) is 11.5. The molecule has 1 heterocycles. The fourth-order valence-electron chi connectivity index (χ4n) is 3.67. The average Bonchev–Trinajstić information content (AvgIpc) is 2.76. The molecule has 3 aromatic rings. The van der Waals surface area contributed by atoms with Gasteiger partial charge in [-0.25, -0.2) is 22.0 Å². The molecule has 0 spiro atoms. The van der Waals surface area contributed by atoms with Gasteiger partial charge in [-0.15, -0.1) is 0 Å². The fraction of sp³-hybridized carbons (Fsp3) is 0.174. The van der Waals surface area contributed by atoms with Gasteiger partial charge in [0.25, 0.3) is 10.0 Å². The van der Waals surface area contributed by atoms with E-state index in [-0.39, 0.29) is 23.2 Å². The van der Waals surface area contributed by atoms with E-state index >= 15 is 0 Å². The molecule has 0 radical (unpaired) electrons. The first-order chi connectivity index (χ1) is 15.3. The number of amides is 2. The molecule has 9 heteroatoms. The highest BCUT2D eigenvalue weighted by molar-refractivity contribution is 7.92. The Bertz CT molecular complexity index is 1220. The largest absolute Gasteiger partial charge is 0.324 e. The van der Waals surface area contributed by atoms with Crippen LogP contribution in [0, 0.1) is 11.6 Å². The third-order valence-corrected chi connectivity index (χ3v) is 6.48. The molecule has 166 valence electrons. The number of para-hydroxylation sites is 2. The van der Waals surface area contributed by atoms with Gasteiger partial charge in [-0.1, -0.05) is 30.3 Å². The summed E-state index contributed by atoms with van der Waals surface area (Å²) in [6.07, 6.45) is 0.614. The Labute approximate surface area is 185 Å². The summed E-state index contributed by atoms with van der Waals surface area (Å²) in [6.45, 7) is 0.851. The van der Waals surface area contributed by atoms with Gasteiger partial charge >= 0.3 is 6.03 Å². The van der Waals surface area contributed by atoms with Crippen molar-refractivity contribution in [1.82, 2.24) is 4.90 Å². The van der Waals surface area contributed by atoms with Crippen molar-refractivity contribution in [1.29, 1.82) is 0 Å². The lowest BCUT2D eigenvalue weighted by Gasteiger charge is -2.36. The van der Waals surface area contributed by atoms with Crippen LogP contribution in [0.15, 0.2) is 77.7 Å². The van der Waals surface area contributed by atoms with Gasteiger partial charge in [0.2, 0.25) is 0 Å². The van der Waals surface area contributed by atoms with Gasteiger partial charge in [-0.2, -0.15) is 0 Å². The molecule has 0 bridgehead atoms. The highest BCUT2D eigenvalue weighted by Crippen LogP contribution is 2.31. The van der Waals surface area contributed by atoms with Gasteiger partial charge in [0.15, 0.2) is 0 Å². The molecule has 1 saturated heterocycles. The molecule has 0 saturated carbocycles. The minimum atomic E-state index is -3.85. The van der Waals surface area contributed by atoms with E-state index < -0.39 is 21.7 Å². The molecule has 0 atom stereocenters. The highest BCUT2D eigenvalue weighted by atomic mass is 32.2. The van der Waals surface area contributed by atoms with E-state index in [0.29, 0.717) is 30.8 Å². The molecule has 32 heavy (non-hydrogen) atoms. The summed E-state index contributed by atoms with van der Waals surface area (Å²) in [5.41, 5.74) is 1.02. The zero-order valence-corrected chi connectivity index (χ0v) is 17.9. The monoisotopic (exact) mass is 457 g/mol. The molecule has 1 fully saturated rings. The molecule has 4 rings (SSSR count). The van der Waals surface area contributed by atoms with Crippen LogP contribution in [0.25, 0.3) is 0 Å². The Balaban J connectivity index is 1.59. The predicted molar refractivity (Wildman–Crippen MR) is 118 cm³/mol. The lowest BCUT2D eigenvalue weighted by atomic mass is 10.1. The van der Waals surface area contributed by atoms with Crippen LogP contribution in [0.4, 0.5) is 25.0 Å². The maximum absolute atomic E-state index is 13.6. The van der Waals surface area contributed by atoms with E-state index in [1.807, 2.05) is 0 Å². The number of benzene rings is 3. The lowest BCUT2D eigenvalue weighted by molar-refractivity contribution is 0.192. The molecule has 1 aliphatic rings. The molecule has 1 N–H and O–H groups in total. The van der Waals surface area contributed by atoms with Crippen molar-refractivity contribution in [3.05, 3.63) is 90.0 Å². The van der Waals surface area contributed by atoms with Crippen molar-refractivity contribution >= 4 is 27.4 Å². The maximum Gasteiger partial charge on any atom is 0.324 e. The van der Waals surface area contributed by atoms with Crippen LogP contribution in [-0.2, 0) is 16.6 Å². The van der Waals surface area contributed by atoms with Crippen molar-refractivity contribution in [3.63, 3.8) is 0 Å². The quantitative estimate of drug-likeness (QED) is 0.588. The second kappa shape index (κ2) is 8.96.